The number of aliphatic carboxylic acids is 1. The normalized spacial score (nSPS) is 17.4. The van der Waals surface area contributed by atoms with E-state index in [1.165, 1.54) is 0 Å². The van der Waals surface area contributed by atoms with Crippen molar-refractivity contribution in [1.82, 2.24) is 10.3 Å². The zero-order valence-corrected chi connectivity index (χ0v) is 13.7. The summed E-state index contributed by atoms with van der Waals surface area (Å²) in [7, 11) is 0. The molecule has 2 unspecified atom stereocenters. The second-order valence-electron chi connectivity index (χ2n) is 6.20. The molecule has 6 heteroatoms. The van der Waals surface area contributed by atoms with Gasteiger partial charge in [-0.25, -0.2) is 0 Å². The molecular weight excluding hydrogens is 320 g/mol. The number of carboxylic acids is 1. The van der Waals surface area contributed by atoms with Crippen LogP contribution in [0.15, 0.2) is 42.6 Å². The number of hydrogen-bond donors (Lipinski definition) is 3. The quantitative estimate of drug-likeness (QED) is 0.777. The molecule has 1 amide bonds. The molecule has 0 fully saturated rings. The van der Waals surface area contributed by atoms with Gasteiger partial charge in [0.15, 0.2) is 0 Å². The van der Waals surface area contributed by atoms with E-state index in [2.05, 4.69) is 10.3 Å². The van der Waals surface area contributed by atoms with Crippen LogP contribution in [0.1, 0.15) is 48.0 Å². The number of amides is 1. The molecule has 6 nitrogen and oxygen atoms in total. The van der Waals surface area contributed by atoms with Crippen molar-refractivity contribution in [1.29, 1.82) is 0 Å². The van der Waals surface area contributed by atoms with Gasteiger partial charge in [0.25, 0.3) is 0 Å². The van der Waals surface area contributed by atoms with Gasteiger partial charge in [0.2, 0.25) is 5.91 Å². The van der Waals surface area contributed by atoms with E-state index >= 15 is 0 Å². The molecule has 1 aliphatic rings. The van der Waals surface area contributed by atoms with E-state index in [-0.39, 0.29) is 18.1 Å². The van der Waals surface area contributed by atoms with E-state index in [0.717, 1.165) is 24.0 Å². The first-order chi connectivity index (χ1) is 12.1. The molecule has 0 aliphatic heterocycles. The fourth-order valence-corrected chi connectivity index (χ4v) is 3.36. The number of aromatic hydroxyl groups is 1. The standard InChI is InChI=1S/C19H20N2O4/c22-17-9-4-5-12-13(17)6-3-7-14(12)19(25)21-16(11-18(23)24)15-8-1-2-10-20-15/h1-2,4-5,8-10,14,16,22H,3,6-7,11H2,(H,21,25)(H,23,24). The van der Waals surface area contributed by atoms with Crippen LogP contribution >= 0.6 is 0 Å². The number of nitrogens with one attached hydrogen (secondary N) is 1. The first kappa shape index (κ1) is 17.0. The highest BCUT2D eigenvalue weighted by Gasteiger charge is 2.30. The molecule has 3 rings (SSSR count). The minimum absolute atomic E-state index is 0.210. The second kappa shape index (κ2) is 7.34. The van der Waals surface area contributed by atoms with Crippen LogP contribution in [0.2, 0.25) is 0 Å². The van der Waals surface area contributed by atoms with E-state index in [4.69, 9.17) is 5.11 Å². The fourth-order valence-electron chi connectivity index (χ4n) is 3.36. The SMILES string of the molecule is O=C(O)CC(NC(=O)C1CCCc2c(O)cccc21)c1ccccn1. The number of phenolic OH excluding ortho intramolecular Hbond substituents is 1. The summed E-state index contributed by atoms with van der Waals surface area (Å²) in [6.45, 7) is 0. The van der Waals surface area contributed by atoms with Crippen molar-refractivity contribution in [3.63, 3.8) is 0 Å². The van der Waals surface area contributed by atoms with Crippen LogP contribution in [0.3, 0.4) is 0 Å². The van der Waals surface area contributed by atoms with Gasteiger partial charge in [-0.15, -0.1) is 0 Å². The van der Waals surface area contributed by atoms with Crippen molar-refractivity contribution in [2.75, 3.05) is 0 Å². The van der Waals surface area contributed by atoms with Gasteiger partial charge in [0, 0.05) is 6.20 Å². The summed E-state index contributed by atoms with van der Waals surface area (Å²) >= 11 is 0. The number of fused-ring (bicyclic) bond motifs is 1. The number of pyridine rings is 1. The van der Waals surface area contributed by atoms with Crippen molar-refractivity contribution in [3.8, 4) is 5.75 Å². The van der Waals surface area contributed by atoms with Crippen molar-refractivity contribution in [2.24, 2.45) is 0 Å². The topological polar surface area (TPSA) is 99.5 Å². The van der Waals surface area contributed by atoms with Crippen molar-refractivity contribution >= 4 is 11.9 Å². The predicted molar refractivity (Wildman–Crippen MR) is 91.2 cm³/mol. The largest absolute Gasteiger partial charge is 0.508 e. The number of carbonyl (C=O) groups excluding carboxylic acids is 1. The van der Waals surface area contributed by atoms with Gasteiger partial charge in [-0.1, -0.05) is 18.2 Å². The lowest BCUT2D eigenvalue weighted by Crippen LogP contribution is -2.35. The summed E-state index contributed by atoms with van der Waals surface area (Å²) in [5, 5.41) is 22.0. The number of phenols is 1. The predicted octanol–water partition coefficient (Wildman–Crippen LogP) is 2.54. The molecule has 2 aromatic rings. The lowest BCUT2D eigenvalue weighted by atomic mass is 9.81. The Hall–Kier alpha value is -2.89. The summed E-state index contributed by atoms with van der Waals surface area (Å²) < 4.78 is 0. The first-order valence-electron chi connectivity index (χ1n) is 8.30. The van der Waals surface area contributed by atoms with Gasteiger partial charge in [0.1, 0.15) is 5.75 Å². The summed E-state index contributed by atoms with van der Waals surface area (Å²) in [5.74, 6) is -1.42. The molecule has 0 saturated heterocycles. The lowest BCUT2D eigenvalue weighted by Gasteiger charge is -2.27. The van der Waals surface area contributed by atoms with E-state index in [1.54, 1.807) is 36.5 Å². The highest BCUT2D eigenvalue weighted by molar-refractivity contribution is 5.85. The van der Waals surface area contributed by atoms with Crippen LogP contribution in [0.5, 0.6) is 5.75 Å². The smallest absolute Gasteiger partial charge is 0.305 e. The Labute approximate surface area is 145 Å². The van der Waals surface area contributed by atoms with Crippen LogP contribution < -0.4 is 5.32 Å². The molecule has 3 N–H and O–H groups in total. The Morgan fingerprint density at radius 1 is 1.24 bits per heavy atom. The fraction of sp³-hybridized carbons (Fsp3) is 0.316. The zero-order chi connectivity index (χ0) is 17.8. The van der Waals surface area contributed by atoms with Crippen LogP contribution in [0.25, 0.3) is 0 Å². The Balaban J connectivity index is 1.83. The molecular formula is C19H20N2O4. The number of carboxylic acid groups (broad SMARTS) is 1. The third-order valence-corrected chi connectivity index (χ3v) is 4.54. The maximum atomic E-state index is 12.8. The number of hydrogen-bond acceptors (Lipinski definition) is 4. The minimum atomic E-state index is -1.00. The zero-order valence-electron chi connectivity index (χ0n) is 13.7. The van der Waals surface area contributed by atoms with E-state index < -0.39 is 17.9 Å². The maximum absolute atomic E-state index is 12.8. The third-order valence-electron chi connectivity index (χ3n) is 4.54. The summed E-state index contributed by atoms with van der Waals surface area (Å²) in [6, 6.07) is 9.72. The molecule has 2 atom stereocenters. The van der Waals surface area contributed by atoms with Crippen LogP contribution in [-0.2, 0) is 16.0 Å². The Bertz CT molecular complexity index is 776. The van der Waals surface area contributed by atoms with Crippen molar-refractivity contribution in [2.45, 2.75) is 37.6 Å². The molecule has 0 spiro atoms. The minimum Gasteiger partial charge on any atom is -0.508 e. The summed E-state index contributed by atoms with van der Waals surface area (Å²) in [6.07, 6.45) is 3.55. The number of benzene rings is 1. The third kappa shape index (κ3) is 3.79. The summed E-state index contributed by atoms with van der Waals surface area (Å²) in [5.41, 5.74) is 2.14. The highest BCUT2D eigenvalue weighted by Crippen LogP contribution is 2.36. The molecule has 0 bridgehead atoms. The number of aromatic nitrogens is 1. The lowest BCUT2D eigenvalue weighted by molar-refractivity contribution is -0.137. The average Bonchev–Trinajstić information content (AvgIpc) is 2.61. The van der Waals surface area contributed by atoms with Gasteiger partial charge in [-0.05, 0) is 48.6 Å². The van der Waals surface area contributed by atoms with Crippen LogP contribution in [0.4, 0.5) is 0 Å². The number of carbonyl (C=O) groups is 2. The Morgan fingerprint density at radius 3 is 2.80 bits per heavy atom. The molecule has 1 aromatic heterocycles. The molecule has 1 heterocycles. The average molecular weight is 340 g/mol. The van der Waals surface area contributed by atoms with Crippen LogP contribution in [0, 0.1) is 0 Å². The number of rotatable bonds is 5. The molecule has 130 valence electrons. The molecule has 25 heavy (non-hydrogen) atoms. The molecule has 1 aliphatic carbocycles. The summed E-state index contributed by atoms with van der Waals surface area (Å²) in [4.78, 5) is 28.2. The maximum Gasteiger partial charge on any atom is 0.305 e. The van der Waals surface area contributed by atoms with E-state index in [0.29, 0.717) is 12.1 Å². The van der Waals surface area contributed by atoms with E-state index in [1.807, 2.05) is 6.07 Å². The van der Waals surface area contributed by atoms with E-state index in [9.17, 15) is 14.7 Å². The van der Waals surface area contributed by atoms with Crippen molar-refractivity contribution < 1.29 is 19.8 Å². The highest BCUT2D eigenvalue weighted by atomic mass is 16.4. The Kier molecular flexibility index (Phi) is 4.97. The molecule has 0 saturated carbocycles. The number of nitrogens with zero attached hydrogens (tertiary/aromatic N) is 1. The molecule has 0 radical (unpaired) electrons. The van der Waals surface area contributed by atoms with Gasteiger partial charge >= 0.3 is 5.97 Å². The van der Waals surface area contributed by atoms with Gasteiger partial charge < -0.3 is 15.5 Å². The van der Waals surface area contributed by atoms with Gasteiger partial charge in [-0.2, -0.15) is 0 Å². The second-order valence-corrected chi connectivity index (χ2v) is 6.20. The van der Waals surface area contributed by atoms with Crippen LogP contribution in [-0.4, -0.2) is 27.1 Å². The van der Waals surface area contributed by atoms with Gasteiger partial charge in [0.05, 0.1) is 24.1 Å². The van der Waals surface area contributed by atoms with Crippen molar-refractivity contribution in [3.05, 3.63) is 59.4 Å². The van der Waals surface area contributed by atoms with Gasteiger partial charge in [-0.3, -0.25) is 14.6 Å². The molecule has 1 aromatic carbocycles. The first-order valence-corrected chi connectivity index (χ1v) is 8.30. The monoisotopic (exact) mass is 340 g/mol. The Morgan fingerprint density at radius 2 is 2.08 bits per heavy atom.